The summed E-state index contributed by atoms with van der Waals surface area (Å²) in [6, 6.07) is 4.67. The van der Waals surface area contributed by atoms with E-state index in [1.807, 2.05) is 13.0 Å². The molecule has 7 nitrogen and oxygen atoms in total. The van der Waals surface area contributed by atoms with Gasteiger partial charge in [0.15, 0.2) is 6.10 Å². The summed E-state index contributed by atoms with van der Waals surface area (Å²) in [5, 5.41) is 2.94. The van der Waals surface area contributed by atoms with Crippen molar-refractivity contribution in [2.75, 3.05) is 37.7 Å². The number of anilines is 1. The number of nitrogens with zero attached hydrogens (tertiary/aromatic N) is 2. The Kier molecular flexibility index (Phi) is 8.19. The van der Waals surface area contributed by atoms with Gasteiger partial charge in [-0.3, -0.25) is 4.79 Å². The number of rotatable bonds is 7. The van der Waals surface area contributed by atoms with Crippen LogP contribution in [-0.2, 0) is 20.7 Å². The van der Waals surface area contributed by atoms with Gasteiger partial charge in [0.25, 0.3) is 5.91 Å². The predicted octanol–water partition coefficient (Wildman–Crippen LogP) is 4.28. The highest BCUT2D eigenvalue weighted by atomic mass is 19.1. The molecule has 0 bridgehead atoms. The van der Waals surface area contributed by atoms with Crippen LogP contribution in [0.15, 0.2) is 18.2 Å². The smallest absolute Gasteiger partial charge is 0.408 e. The molecule has 2 aliphatic heterocycles. The van der Waals surface area contributed by atoms with E-state index in [2.05, 4.69) is 24.1 Å². The predicted molar refractivity (Wildman–Crippen MR) is 133 cm³/mol. The molecule has 1 saturated carbocycles. The zero-order valence-electron chi connectivity index (χ0n) is 21.4. The quantitative estimate of drug-likeness (QED) is 0.619. The van der Waals surface area contributed by atoms with Crippen molar-refractivity contribution in [1.29, 1.82) is 0 Å². The number of alkyl carbamates (subject to hydrolysis) is 1. The Morgan fingerprint density at radius 2 is 1.91 bits per heavy atom. The fraction of sp³-hybridized carbons (Fsp3) is 0.704. The first-order chi connectivity index (χ1) is 16.7. The number of amides is 2. The number of carbonyl (C=O) groups is 2. The lowest BCUT2D eigenvalue weighted by atomic mass is 9.85. The maximum atomic E-state index is 13.7. The average molecular weight is 490 g/mol. The van der Waals surface area contributed by atoms with E-state index in [4.69, 9.17) is 9.47 Å². The maximum absolute atomic E-state index is 13.7. The summed E-state index contributed by atoms with van der Waals surface area (Å²) < 4.78 is 24.9. The molecule has 1 aliphatic carbocycles. The highest BCUT2D eigenvalue weighted by Gasteiger charge is 2.37. The minimum Gasteiger partial charge on any atom is -0.436 e. The largest absolute Gasteiger partial charge is 0.436 e. The van der Waals surface area contributed by atoms with E-state index in [0.29, 0.717) is 45.2 Å². The Balaban J connectivity index is 1.37. The van der Waals surface area contributed by atoms with Crippen LogP contribution >= 0.6 is 0 Å². The molecule has 2 heterocycles. The molecule has 1 aromatic carbocycles. The minimum atomic E-state index is -0.768. The van der Waals surface area contributed by atoms with Crippen molar-refractivity contribution in [1.82, 2.24) is 10.2 Å². The molecule has 8 heteroatoms. The van der Waals surface area contributed by atoms with Crippen LogP contribution in [0, 0.1) is 11.7 Å². The van der Waals surface area contributed by atoms with Gasteiger partial charge < -0.3 is 24.6 Å². The molecule has 2 atom stereocenters. The van der Waals surface area contributed by atoms with Gasteiger partial charge in [0.05, 0.1) is 13.2 Å². The molecular formula is C27H40FN3O4. The van der Waals surface area contributed by atoms with Gasteiger partial charge in [-0.25, -0.2) is 9.18 Å². The van der Waals surface area contributed by atoms with Crippen LogP contribution in [0.1, 0.15) is 64.9 Å². The second-order valence-corrected chi connectivity index (χ2v) is 11.0. The van der Waals surface area contributed by atoms with E-state index in [9.17, 15) is 14.0 Å². The molecule has 0 aromatic heterocycles. The van der Waals surface area contributed by atoms with Gasteiger partial charge in [-0.05, 0) is 63.3 Å². The highest BCUT2D eigenvalue weighted by molar-refractivity contribution is 5.83. The van der Waals surface area contributed by atoms with Crippen LogP contribution in [-0.4, -0.2) is 67.4 Å². The van der Waals surface area contributed by atoms with Crippen molar-refractivity contribution in [3.63, 3.8) is 0 Å². The third-order valence-corrected chi connectivity index (χ3v) is 7.63. The van der Waals surface area contributed by atoms with E-state index in [1.54, 1.807) is 11.0 Å². The highest BCUT2D eigenvalue weighted by Crippen LogP contribution is 2.39. The summed E-state index contributed by atoms with van der Waals surface area (Å²) in [4.78, 5) is 30.1. The van der Waals surface area contributed by atoms with Crippen molar-refractivity contribution in [3.8, 4) is 0 Å². The molecular weight excluding hydrogens is 449 g/mol. The van der Waals surface area contributed by atoms with Gasteiger partial charge in [0.2, 0.25) is 0 Å². The molecule has 4 rings (SSSR count). The zero-order chi connectivity index (χ0) is 25.0. The molecule has 0 spiro atoms. The summed E-state index contributed by atoms with van der Waals surface area (Å²) in [5.74, 6) is 0.0645. The Bertz CT molecular complexity index is 896. The number of fused-ring (bicyclic) bond motifs is 1. The van der Waals surface area contributed by atoms with Crippen LogP contribution in [0.4, 0.5) is 14.9 Å². The molecule has 1 N–H and O–H groups in total. The number of ether oxygens (including phenoxy) is 2. The van der Waals surface area contributed by atoms with Crippen molar-refractivity contribution < 1.29 is 23.5 Å². The van der Waals surface area contributed by atoms with Gasteiger partial charge >= 0.3 is 6.09 Å². The molecule has 2 fully saturated rings. The summed E-state index contributed by atoms with van der Waals surface area (Å²) in [5.41, 5.74) is 1.79. The number of hydrogen-bond donors (Lipinski definition) is 1. The monoisotopic (exact) mass is 489 g/mol. The Morgan fingerprint density at radius 3 is 2.63 bits per heavy atom. The lowest BCUT2D eigenvalue weighted by Crippen LogP contribution is -2.51. The first-order valence-electron chi connectivity index (χ1n) is 13.1. The summed E-state index contributed by atoms with van der Waals surface area (Å²) in [6.45, 7) is 8.83. The summed E-state index contributed by atoms with van der Waals surface area (Å²) >= 11 is 0. The second-order valence-electron chi connectivity index (χ2n) is 11.0. The first kappa shape index (κ1) is 25.7. The van der Waals surface area contributed by atoms with E-state index < -0.39 is 12.2 Å². The zero-order valence-corrected chi connectivity index (χ0v) is 21.4. The SMILES string of the molecule is C[C@@H](CN1c2ccc(F)cc2CC1(C)C)NC(=O)O[C@@H](CC1CCCCC1)C(=O)N1CCOCC1. The standard InChI is InChI=1S/C27H40FN3O4/c1-19(18-31-23-10-9-22(28)16-21(23)17-27(31,2)3)29-26(33)35-24(15-20-7-5-4-6-8-20)25(32)30-11-13-34-14-12-30/h9-10,16,19-20,24H,4-8,11-15,17-18H2,1-3H3,(H,29,33)/t19-,24-/m0/s1. The number of carbonyl (C=O) groups excluding carboxylic acids is 2. The topological polar surface area (TPSA) is 71.1 Å². The number of hydrogen-bond acceptors (Lipinski definition) is 5. The van der Waals surface area contributed by atoms with Gasteiger partial charge in [-0.2, -0.15) is 0 Å². The number of nitrogens with one attached hydrogen (secondary N) is 1. The van der Waals surface area contributed by atoms with Gasteiger partial charge in [-0.15, -0.1) is 0 Å². The Hall–Kier alpha value is -2.35. The van der Waals surface area contributed by atoms with Crippen molar-refractivity contribution >= 4 is 17.7 Å². The Labute approximate surface area is 208 Å². The lowest BCUT2D eigenvalue weighted by Gasteiger charge is -2.36. The molecule has 35 heavy (non-hydrogen) atoms. The molecule has 3 aliphatic rings. The van der Waals surface area contributed by atoms with Crippen LogP contribution in [0.5, 0.6) is 0 Å². The van der Waals surface area contributed by atoms with Crippen molar-refractivity contribution in [3.05, 3.63) is 29.6 Å². The van der Waals surface area contributed by atoms with E-state index >= 15 is 0 Å². The lowest BCUT2D eigenvalue weighted by molar-refractivity contribution is -0.145. The van der Waals surface area contributed by atoms with Crippen LogP contribution in [0.2, 0.25) is 0 Å². The van der Waals surface area contributed by atoms with Gasteiger partial charge in [0, 0.05) is 36.9 Å². The summed E-state index contributed by atoms with van der Waals surface area (Å²) in [6.07, 6.45) is 5.74. The molecule has 2 amide bonds. The summed E-state index contributed by atoms with van der Waals surface area (Å²) in [7, 11) is 0. The van der Waals surface area contributed by atoms with E-state index in [-0.39, 0.29) is 23.3 Å². The first-order valence-corrected chi connectivity index (χ1v) is 13.1. The van der Waals surface area contributed by atoms with Gasteiger partial charge in [-0.1, -0.05) is 32.1 Å². The average Bonchev–Trinajstić information content (AvgIpc) is 3.07. The normalized spacial score (nSPS) is 21.8. The van der Waals surface area contributed by atoms with Crippen molar-refractivity contribution in [2.24, 2.45) is 5.92 Å². The maximum Gasteiger partial charge on any atom is 0.408 e. The molecule has 0 unspecified atom stereocenters. The number of benzene rings is 1. The van der Waals surface area contributed by atoms with Crippen molar-refractivity contribution in [2.45, 2.75) is 83.4 Å². The molecule has 1 saturated heterocycles. The van der Waals surface area contributed by atoms with Gasteiger partial charge in [0.1, 0.15) is 5.82 Å². The fourth-order valence-electron chi connectivity index (χ4n) is 5.79. The van der Waals surface area contributed by atoms with Crippen LogP contribution in [0.3, 0.4) is 0 Å². The fourth-order valence-corrected chi connectivity index (χ4v) is 5.79. The molecule has 1 aromatic rings. The third-order valence-electron chi connectivity index (χ3n) is 7.63. The molecule has 194 valence electrons. The third kappa shape index (κ3) is 6.46. The van der Waals surface area contributed by atoms with Crippen LogP contribution < -0.4 is 10.2 Å². The van der Waals surface area contributed by atoms with Crippen LogP contribution in [0.25, 0.3) is 0 Å². The second kappa shape index (κ2) is 11.1. The minimum absolute atomic E-state index is 0.113. The van der Waals surface area contributed by atoms with E-state index in [0.717, 1.165) is 30.5 Å². The number of halogens is 1. The Morgan fingerprint density at radius 1 is 1.20 bits per heavy atom. The number of morpholine rings is 1. The van der Waals surface area contributed by atoms with E-state index in [1.165, 1.54) is 25.3 Å². The molecule has 0 radical (unpaired) electrons.